The summed E-state index contributed by atoms with van der Waals surface area (Å²) >= 11 is 26.7. The molecule has 8 nitrogen and oxygen atoms in total. The van der Waals surface area contributed by atoms with Crippen LogP contribution in [-0.2, 0) is 68.2 Å². The van der Waals surface area contributed by atoms with E-state index in [1.807, 2.05) is 27.7 Å². The van der Waals surface area contributed by atoms with E-state index in [0.29, 0.717) is 128 Å². The van der Waals surface area contributed by atoms with E-state index < -0.39 is 0 Å². The van der Waals surface area contributed by atoms with E-state index in [0.717, 1.165) is 89.8 Å². The first-order valence-electron chi connectivity index (χ1n) is 21.0. The smallest absolute Gasteiger partial charge is 0.126 e. The second kappa shape index (κ2) is 25.9. The van der Waals surface area contributed by atoms with Crippen molar-refractivity contribution in [1.29, 1.82) is 0 Å². The summed E-state index contributed by atoms with van der Waals surface area (Å²) < 4.78 is 49.9. The molecule has 60 heavy (non-hydrogen) atoms. The Morgan fingerprint density at radius 2 is 0.500 bits per heavy atom. The van der Waals surface area contributed by atoms with Crippen LogP contribution in [0.4, 0.5) is 0 Å². The lowest BCUT2D eigenvalue weighted by Gasteiger charge is -2.24. The van der Waals surface area contributed by atoms with E-state index in [4.69, 9.17) is 84.3 Å². The Kier molecular flexibility index (Phi) is 20.8. The lowest BCUT2D eigenvalue weighted by atomic mass is 9.88. The van der Waals surface area contributed by atoms with Gasteiger partial charge in [0.2, 0.25) is 0 Å². The van der Waals surface area contributed by atoms with E-state index in [1.54, 1.807) is 0 Å². The first kappa shape index (κ1) is 48.1. The molecule has 0 heterocycles. The maximum absolute atomic E-state index is 6.73. The largest absolute Gasteiger partial charge is 0.491 e. The van der Waals surface area contributed by atoms with Crippen LogP contribution in [0.2, 0.25) is 0 Å². The Bertz CT molecular complexity index is 1580. The standard InChI is InChI=1S/C48H60Cl4O8/c1-5-53-9-13-57-45-37-17-33(29-49)18-38(45)26-40-20-35(31-51)22-42(47(40)59-15-11-55-7-3)28-44-24-36(32-52)23-43(48(44)60-16-12-56-8-4)27-41-21-34(30-50)19-39(25-37)46(41)58-14-10-54-6-2/h17-24H,5-16,25-32H2,1-4H3. The molecule has 8 bridgehead atoms. The molecule has 1 aliphatic carbocycles. The van der Waals surface area contributed by atoms with Crippen molar-refractivity contribution in [1.82, 2.24) is 0 Å². The summed E-state index contributed by atoms with van der Waals surface area (Å²) in [4.78, 5) is 0. The van der Waals surface area contributed by atoms with Crippen LogP contribution in [0.3, 0.4) is 0 Å². The Morgan fingerprint density at radius 1 is 0.317 bits per heavy atom. The van der Waals surface area contributed by atoms with Gasteiger partial charge in [-0.1, -0.05) is 48.5 Å². The highest BCUT2D eigenvalue weighted by atomic mass is 35.5. The molecule has 0 amide bonds. The van der Waals surface area contributed by atoms with Crippen molar-refractivity contribution in [2.45, 2.75) is 76.9 Å². The van der Waals surface area contributed by atoms with Gasteiger partial charge in [0.05, 0.1) is 26.4 Å². The zero-order valence-electron chi connectivity index (χ0n) is 35.5. The highest BCUT2D eigenvalue weighted by molar-refractivity contribution is 6.17. The zero-order valence-corrected chi connectivity index (χ0v) is 38.6. The van der Waals surface area contributed by atoms with Crippen molar-refractivity contribution in [3.8, 4) is 23.0 Å². The molecule has 12 heteroatoms. The van der Waals surface area contributed by atoms with Gasteiger partial charge in [0, 0.05) is 75.6 Å². The minimum absolute atomic E-state index is 0.318. The molecule has 0 fully saturated rings. The van der Waals surface area contributed by atoms with Crippen molar-refractivity contribution in [2.75, 3.05) is 79.3 Å². The van der Waals surface area contributed by atoms with Crippen molar-refractivity contribution in [2.24, 2.45) is 0 Å². The Labute approximate surface area is 376 Å². The SMILES string of the molecule is CCOCCOc1c2cc(CCl)cc1Cc1cc(CCl)cc(c1OCCOCC)Cc1cc(CCl)cc(c1OCCOCC)Cc1cc(CCl)cc(c1OCCOCC)C2. The number of ether oxygens (including phenoxy) is 8. The maximum Gasteiger partial charge on any atom is 0.126 e. The Balaban J connectivity index is 1.84. The normalized spacial score (nSPS) is 12.4. The van der Waals surface area contributed by atoms with Crippen LogP contribution in [0.25, 0.3) is 0 Å². The number of benzene rings is 4. The topological polar surface area (TPSA) is 73.8 Å². The summed E-state index contributed by atoms with van der Waals surface area (Å²) in [6, 6.07) is 17.1. The highest BCUT2D eigenvalue weighted by Gasteiger charge is 2.24. The van der Waals surface area contributed by atoms with Gasteiger partial charge in [0.25, 0.3) is 0 Å². The Hall–Kier alpha value is -2.92. The second-order valence-corrected chi connectivity index (χ2v) is 15.5. The minimum atomic E-state index is 0.318. The monoisotopic (exact) mass is 904 g/mol. The number of hydrogen-bond donors (Lipinski definition) is 0. The molecule has 0 spiro atoms. The van der Waals surface area contributed by atoms with Crippen molar-refractivity contribution in [3.63, 3.8) is 0 Å². The highest BCUT2D eigenvalue weighted by Crippen LogP contribution is 2.41. The summed E-state index contributed by atoms with van der Waals surface area (Å²) in [5.41, 5.74) is 11.6. The van der Waals surface area contributed by atoms with Crippen LogP contribution in [0.1, 0.15) is 94.5 Å². The number of halogens is 4. The van der Waals surface area contributed by atoms with Gasteiger partial charge >= 0.3 is 0 Å². The molecule has 5 rings (SSSR count). The van der Waals surface area contributed by atoms with Crippen LogP contribution in [0, 0.1) is 0 Å². The summed E-state index contributed by atoms with van der Waals surface area (Å²) in [5, 5.41) is 0. The van der Waals surface area contributed by atoms with Gasteiger partial charge in [-0.05, 0) is 94.5 Å². The summed E-state index contributed by atoms with van der Waals surface area (Å²) in [6.45, 7) is 13.5. The number of alkyl halides is 4. The predicted octanol–water partition coefficient (Wildman–Crippen LogP) is 11.0. The third-order valence-corrected chi connectivity index (χ3v) is 11.3. The molecular formula is C48H60Cl4O8. The van der Waals surface area contributed by atoms with Crippen LogP contribution < -0.4 is 18.9 Å². The van der Waals surface area contributed by atoms with Crippen LogP contribution in [0.15, 0.2) is 48.5 Å². The summed E-state index contributed by atoms with van der Waals surface area (Å²) in [7, 11) is 0. The molecule has 0 radical (unpaired) electrons. The average Bonchev–Trinajstić information content (AvgIpc) is 3.25. The fourth-order valence-corrected chi connectivity index (χ4v) is 8.23. The van der Waals surface area contributed by atoms with Gasteiger partial charge in [0.15, 0.2) is 0 Å². The first-order valence-corrected chi connectivity index (χ1v) is 23.2. The number of hydrogen-bond acceptors (Lipinski definition) is 8. The van der Waals surface area contributed by atoms with Crippen LogP contribution >= 0.6 is 46.4 Å². The second-order valence-electron chi connectivity index (χ2n) is 14.4. The van der Waals surface area contributed by atoms with E-state index >= 15 is 0 Å². The number of rotatable bonds is 24. The van der Waals surface area contributed by atoms with E-state index in [-0.39, 0.29) is 0 Å². The third kappa shape index (κ3) is 13.5. The molecule has 1 aliphatic rings. The Morgan fingerprint density at radius 3 is 0.650 bits per heavy atom. The fourth-order valence-electron chi connectivity index (χ4n) is 7.62. The van der Waals surface area contributed by atoms with Crippen molar-refractivity contribution in [3.05, 3.63) is 115 Å². The first-order chi connectivity index (χ1) is 29.4. The van der Waals surface area contributed by atoms with E-state index in [2.05, 4.69) is 48.5 Å². The molecule has 0 aromatic heterocycles. The third-order valence-electron chi connectivity index (χ3n) is 10.1. The van der Waals surface area contributed by atoms with E-state index in [1.165, 1.54) is 0 Å². The van der Waals surface area contributed by atoms with Gasteiger partial charge in [-0.2, -0.15) is 0 Å². The fraction of sp³-hybridized carbons (Fsp3) is 0.500. The van der Waals surface area contributed by atoms with Crippen LogP contribution in [0.5, 0.6) is 23.0 Å². The molecule has 4 aromatic carbocycles. The van der Waals surface area contributed by atoms with Gasteiger partial charge in [-0.3, -0.25) is 0 Å². The lowest BCUT2D eigenvalue weighted by molar-refractivity contribution is 0.108. The predicted molar refractivity (Wildman–Crippen MR) is 243 cm³/mol. The average molecular weight is 907 g/mol. The minimum Gasteiger partial charge on any atom is -0.491 e. The zero-order chi connectivity index (χ0) is 42.7. The quantitative estimate of drug-likeness (QED) is 0.0448. The molecule has 0 saturated carbocycles. The molecular weight excluding hydrogens is 846 g/mol. The van der Waals surface area contributed by atoms with Gasteiger partial charge in [-0.25, -0.2) is 0 Å². The van der Waals surface area contributed by atoms with Gasteiger partial charge in [0.1, 0.15) is 49.4 Å². The van der Waals surface area contributed by atoms with Crippen LogP contribution in [-0.4, -0.2) is 79.3 Å². The molecule has 0 saturated heterocycles. The maximum atomic E-state index is 6.73. The van der Waals surface area contributed by atoms with E-state index in [9.17, 15) is 0 Å². The molecule has 4 aromatic rings. The molecule has 0 N–H and O–H groups in total. The number of fused-ring (bicyclic) bond motifs is 8. The molecule has 0 atom stereocenters. The van der Waals surface area contributed by atoms with Crippen molar-refractivity contribution < 1.29 is 37.9 Å². The van der Waals surface area contributed by atoms with Gasteiger partial charge in [-0.15, -0.1) is 46.4 Å². The molecule has 328 valence electrons. The van der Waals surface area contributed by atoms with Crippen molar-refractivity contribution >= 4 is 46.4 Å². The molecule has 0 unspecified atom stereocenters. The summed E-state index contributed by atoms with van der Waals surface area (Å²) in [6.07, 6.45) is 1.94. The van der Waals surface area contributed by atoms with Gasteiger partial charge < -0.3 is 37.9 Å². The summed E-state index contributed by atoms with van der Waals surface area (Å²) in [5.74, 6) is 4.36. The lowest BCUT2D eigenvalue weighted by Crippen LogP contribution is -2.14. The molecule has 0 aliphatic heterocycles.